The molecule has 0 radical (unpaired) electrons. The first-order chi connectivity index (χ1) is 13.3. The standard InChI is InChI=1S/C21H16F3NO3/c1-13(28-20(27)15-8-4-9-16(12-15)21(22,23)24)19(26)25-18-11-5-7-14-6-2-3-10-17(14)18/h2-13H,1H3,(H,25,26)/t13-/m1/s1. The Balaban J connectivity index is 1.71. The maximum atomic E-state index is 12.8. The summed E-state index contributed by atoms with van der Waals surface area (Å²) in [6.45, 7) is 1.35. The van der Waals surface area contributed by atoms with Crippen molar-refractivity contribution in [2.75, 3.05) is 5.32 Å². The second kappa shape index (κ2) is 7.72. The van der Waals surface area contributed by atoms with E-state index in [2.05, 4.69) is 5.32 Å². The molecule has 0 spiro atoms. The Hall–Kier alpha value is -3.35. The second-order valence-electron chi connectivity index (χ2n) is 6.14. The molecule has 0 heterocycles. The molecule has 3 rings (SSSR count). The first-order valence-corrected chi connectivity index (χ1v) is 8.42. The van der Waals surface area contributed by atoms with Gasteiger partial charge in [0.2, 0.25) is 0 Å². The number of hydrogen-bond acceptors (Lipinski definition) is 3. The molecule has 144 valence electrons. The Morgan fingerprint density at radius 1 is 0.964 bits per heavy atom. The fourth-order valence-electron chi connectivity index (χ4n) is 2.67. The van der Waals surface area contributed by atoms with Crippen LogP contribution in [-0.4, -0.2) is 18.0 Å². The van der Waals surface area contributed by atoms with Gasteiger partial charge in [0.25, 0.3) is 5.91 Å². The largest absolute Gasteiger partial charge is 0.449 e. The number of ether oxygens (including phenoxy) is 1. The van der Waals surface area contributed by atoms with Crippen LogP contribution in [0.2, 0.25) is 0 Å². The highest BCUT2D eigenvalue weighted by atomic mass is 19.4. The van der Waals surface area contributed by atoms with Crippen LogP contribution in [0.3, 0.4) is 0 Å². The quantitative estimate of drug-likeness (QED) is 0.638. The second-order valence-corrected chi connectivity index (χ2v) is 6.14. The van der Waals surface area contributed by atoms with E-state index in [4.69, 9.17) is 4.74 Å². The number of nitrogens with one attached hydrogen (secondary N) is 1. The van der Waals surface area contributed by atoms with Crippen molar-refractivity contribution in [3.8, 4) is 0 Å². The van der Waals surface area contributed by atoms with E-state index in [1.54, 1.807) is 12.1 Å². The van der Waals surface area contributed by atoms with Crippen molar-refractivity contribution >= 4 is 28.3 Å². The number of carbonyl (C=O) groups excluding carboxylic acids is 2. The molecule has 1 N–H and O–H groups in total. The summed E-state index contributed by atoms with van der Waals surface area (Å²) in [5.41, 5.74) is -0.695. The molecule has 1 amide bonds. The molecular weight excluding hydrogens is 371 g/mol. The van der Waals surface area contributed by atoms with Crippen LogP contribution >= 0.6 is 0 Å². The lowest BCUT2D eigenvalue weighted by Crippen LogP contribution is -2.30. The van der Waals surface area contributed by atoms with E-state index in [0.717, 1.165) is 22.9 Å². The average molecular weight is 387 g/mol. The number of rotatable bonds is 4. The van der Waals surface area contributed by atoms with Gasteiger partial charge in [0.15, 0.2) is 6.10 Å². The number of hydrogen-bond donors (Lipinski definition) is 1. The van der Waals surface area contributed by atoms with E-state index in [-0.39, 0.29) is 5.56 Å². The molecule has 0 unspecified atom stereocenters. The van der Waals surface area contributed by atoms with Crippen molar-refractivity contribution in [1.29, 1.82) is 0 Å². The summed E-state index contributed by atoms with van der Waals surface area (Å²) in [7, 11) is 0. The van der Waals surface area contributed by atoms with Crippen LogP contribution in [0.1, 0.15) is 22.8 Å². The molecule has 0 aliphatic carbocycles. The van der Waals surface area contributed by atoms with E-state index in [1.807, 2.05) is 30.3 Å². The maximum Gasteiger partial charge on any atom is 0.416 e. The predicted octanol–water partition coefficient (Wildman–Crippen LogP) is 5.04. The lowest BCUT2D eigenvalue weighted by atomic mass is 10.1. The number of alkyl halides is 3. The molecule has 4 nitrogen and oxygen atoms in total. The van der Waals surface area contributed by atoms with Gasteiger partial charge >= 0.3 is 12.1 Å². The summed E-state index contributed by atoms with van der Waals surface area (Å²) < 4.78 is 43.4. The molecule has 1 atom stereocenters. The van der Waals surface area contributed by atoms with Crippen LogP contribution in [-0.2, 0) is 15.7 Å². The minimum Gasteiger partial charge on any atom is -0.449 e. The average Bonchev–Trinajstić information content (AvgIpc) is 2.67. The van der Waals surface area contributed by atoms with Gasteiger partial charge in [-0.25, -0.2) is 4.79 Å². The van der Waals surface area contributed by atoms with Crippen molar-refractivity contribution in [3.63, 3.8) is 0 Å². The molecule has 0 fully saturated rings. The van der Waals surface area contributed by atoms with Crippen molar-refractivity contribution in [2.24, 2.45) is 0 Å². The number of amides is 1. The Bertz CT molecular complexity index is 1030. The number of benzene rings is 3. The molecule has 0 aliphatic rings. The third kappa shape index (κ3) is 4.31. The van der Waals surface area contributed by atoms with E-state index in [1.165, 1.54) is 13.0 Å². The molecule has 7 heteroatoms. The van der Waals surface area contributed by atoms with Crippen molar-refractivity contribution in [1.82, 2.24) is 0 Å². The highest BCUT2D eigenvalue weighted by Crippen LogP contribution is 2.29. The predicted molar refractivity (Wildman–Crippen MR) is 98.9 cm³/mol. The molecule has 0 aromatic heterocycles. The van der Waals surface area contributed by atoms with Crippen LogP contribution in [0.15, 0.2) is 66.7 Å². The number of fused-ring (bicyclic) bond motifs is 1. The summed E-state index contributed by atoms with van der Waals surface area (Å²) in [6.07, 6.45) is -5.77. The molecule has 3 aromatic rings. The molecular formula is C21H16F3NO3. The maximum absolute atomic E-state index is 12.8. The fourth-order valence-corrected chi connectivity index (χ4v) is 2.67. The van der Waals surface area contributed by atoms with Gasteiger partial charge in [-0.2, -0.15) is 13.2 Å². The Morgan fingerprint density at radius 3 is 2.39 bits per heavy atom. The molecule has 0 saturated carbocycles. The van der Waals surface area contributed by atoms with Gasteiger partial charge in [0, 0.05) is 11.1 Å². The molecule has 0 saturated heterocycles. The lowest BCUT2D eigenvalue weighted by molar-refractivity contribution is -0.137. The third-order valence-corrected chi connectivity index (χ3v) is 4.13. The SMILES string of the molecule is C[C@@H](OC(=O)c1cccc(C(F)(F)F)c1)C(=O)Nc1cccc2ccccc12. The van der Waals surface area contributed by atoms with Crippen molar-refractivity contribution < 1.29 is 27.5 Å². The Morgan fingerprint density at radius 2 is 1.64 bits per heavy atom. The molecule has 0 aliphatic heterocycles. The minimum absolute atomic E-state index is 0.278. The smallest absolute Gasteiger partial charge is 0.416 e. The van der Waals surface area contributed by atoms with Crippen LogP contribution in [0.5, 0.6) is 0 Å². The van der Waals surface area contributed by atoms with Crippen LogP contribution < -0.4 is 5.32 Å². The molecule has 28 heavy (non-hydrogen) atoms. The molecule has 3 aromatic carbocycles. The summed E-state index contributed by atoms with van der Waals surface area (Å²) in [6, 6.07) is 16.7. The minimum atomic E-state index is -4.58. The number of esters is 1. The first kappa shape index (κ1) is 19.4. The van der Waals surface area contributed by atoms with E-state index < -0.39 is 29.7 Å². The van der Waals surface area contributed by atoms with E-state index in [9.17, 15) is 22.8 Å². The van der Waals surface area contributed by atoms with Crippen LogP contribution in [0.4, 0.5) is 18.9 Å². The lowest BCUT2D eigenvalue weighted by Gasteiger charge is -2.15. The van der Waals surface area contributed by atoms with Gasteiger partial charge in [-0.05, 0) is 36.6 Å². The normalized spacial score (nSPS) is 12.4. The zero-order valence-electron chi connectivity index (χ0n) is 14.8. The number of anilines is 1. The van der Waals surface area contributed by atoms with Gasteiger partial charge < -0.3 is 10.1 Å². The monoisotopic (exact) mass is 387 g/mol. The van der Waals surface area contributed by atoms with Gasteiger partial charge in [-0.1, -0.05) is 42.5 Å². The van der Waals surface area contributed by atoms with Crippen molar-refractivity contribution in [2.45, 2.75) is 19.2 Å². The summed E-state index contributed by atoms with van der Waals surface area (Å²) in [5.74, 6) is -1.59. The third-order valence-electron chi connectivity index (χ3n) is 4.13. The Labute approximate surface area is 158 Å². The zero-order chi connectivity index (χ0) is 20.3. The van der Waals surface area contributed by atoms with Gasteiger partial charge in [-0.15, -0.1) is 0 Å². The zero-order valence-corrected chi connectivity index (χ0v) is 14.8. The summed E-state index contributed by atoms with van der Waals surface area (Å²) in [5, 5.41) is 4.42. The number of halogens is 3. The molecule has 0 bridgehead atoms. The first-order valence-electron chi connectivity index (χ1n) is 8.42. The van der Waals surface area contributed by atoms with Gasteiger partial charge in [0.05, 0.1) is 11.1 Å². The Kier molecular flexibility index (Phi) is 5.35. The summed E-state index contributed by atoms with van der Waals surface area (Å²) in [4.78, 5) is 24.5. The summed E-state index contributed by atoms with van der Waals surface area (Å²) >= 11 is 0. The highest BCUT2D eigenvalue weighted by molar-refractivity contribution is 6.04. The van der Waals surface area contributed by atoms with Crippen LogP contribution in [0, 0.1) is 0 Å². The highest BCUT2D eigenvalue weighted by Gasteiger charge is 2.31. The fraction of sp³-hybridized carbons (Fsp3) is 0.143. The van der Waals surface area contributed by atoms with E-state index in [0.29, 0.717) is 11.8 Å². The van der Waals surface area contributed by atoms with Gasteiger partial charge in [0.1, 0.15) is 0 Å². The van der Waals surface area contributed by atoms with Crippen LogP contribution in [0.25, 0.3) is 10.8 Å². The topological polar surface area (TPSA) is 55.4 Å². The van der Waals surface area contributed by atoms with Gasteiger partial charge in [-0.3, -0.25) is 4.79 Å². The number of carbonyl (C=O) groups is 2. The van der Waals surface area contributed by atoms with Crippen molar-refractivity contribution in [3.05, 3.63) is 77.9 Å². The van der Waals surface area contributed by atoms with E-state index >= 15 is 0 Å².